The van der Waals surface area contributed by atoms with Crippen LogP contribution < -0.4 is 16.7 Å². The second kappa shape index (κ2) is 6.41. The zero-order chi connectivity index (χ0) is 15.4. The number of nitrogen functional groups attached to an aromatic ring is 1. The van der Waals surface area contributed by atoms with E-state index >= 15 is 0 Å². The van der Waals surface area contributed by atoms with Gasteiger partial charge in [0.15, 0.2) is 0 Å². The molecule has 1 amide bonds. The highest BCUT2D eigenvalue weighted by atomic mass is 35.5. The van der Waals surface area contributed by atoms with Crippen LogP contribution in [0.15, 0.2) is 35.4 Å². The summed E-state index contributed by atoms with van der Waals surface area (Å²) in [6, 6.07) is 5.31. The summed E-state index contributed by atoms with van der Waals surface area (Å²) in [6.45, 7) is 2.04. The van der Waals surface area contributed by atoms with Crippen molar-refractivity contribution < 1.29 is 4.79 Å². The molecule has 2 aromatic rings. The maximum absolute atomic E-state index is 11.9. The van der Waals surface area contributed by atoms with Crippen LogP contribution in [-0.4, -0.2) is 15.5 Å². The monoisotopic (exact) mass is 306 g/mol. The molecule has 0 aliphatic rings. The van der Waals surface area contributed by atoms with E-state index in [9.17, 15) is 9.59 Å². The molecule has 0 aliphatic carbocycles. The van der Waals surface area contributed by atoms with Gasteiger partial charge in [0.2, 0.25) is 5.91 Å². The van der Waals surface area contributed by atoms with Crippen LogP contribution in [0.4, 0.5) is 11.4 Å². The van der Waals surface area contributed by atoms with Crippen molar-refractivity contribution in [1.29, 1.82) is 0 Å². The summed E-state index contributed by atoms with van der Waals surface area (Å²) < 4.78 is 1.30. The largest absolute Gasteiger partial charge is 0.398 e. The van der Waals surface area contributed by atoms with Crippen LogP contribution in [0.1, 0.15) is 12.0 Å². The average molecular weight is 307 g/mol. The first-order valence-corrected chi connectivity index (χ1v) is 6.72. The van der Waals surface area contributed by atoms with Crippen LogP contribution in [0.2, 0.25) is 5.02 Å². The molecule has 6 nitrogen and oxygen atoms in total. The minimum Gasteiger partial charge on any atom is -0.398 e. The summed E-state index contributed by atoms with van der Waals surface area (Å²) in [5.74, 6) is -0.212. The van der Waals surface area contributed by atoms with Gasteiger partial charge in [-0.15, -0.1) is 0 Å². The summed E-state index contributed by atoms with van der Waals surface area (Å²) in [5, 5.41) is 3.12. The Labute approximate surface area is 126 Å². The normalized spacial score (nSPS) is 10.4. The zero-order valence-corrected chi connectivity index (χ0v) is 12.2. The van der Waals surface area contributed by atoms with Crippen LogP contribution >= 0.6 is 11.6 Å². The highest BCUT2D eigenvalue weighted by molar-refractivity contribution is 6.30. The number of nitrogens with zero attached hydrogens (tertiary/aromatic N) is 2. The van der Waals surface area contributed by atoms with Crippen molar-refractivity contribution in [1.82, 2.24) is 9.55 Å². The minimum atomic E-state index is -0.438. The minimum absolute atomic E-state index is 0.135. The van der Waals surface area contributed by atoms with Crippen LogP contribution in [-0.2, 0) is 11.3 Å². The summed E-state index contributed by atoms with van der Waals surface area (Å²) >= 11 is 5.76. The number of carbonyl (C=O) groups is 1. The van der Waals surface area contributed by atoms with Crippen LogP contribution in [0, 0.1) is 6.92 Å². The number of nitrogens with one attached hydrogen (secondary N) is 1. The molecular weight excluding hydrogens is 292 g/mol. The average Bonchev–Trinajstić information content (AvgIpc) is 2.45. The first-order chi connectivity index (χ1) is 9.97. The Kier molecular flexibility index (Phi) is 4.59. The van der Waals surface area contributed by atoms with Gasteiger partial charge in [0.25, 0.3) is 0 Å². The molecule has 21 heavy (non-hydrogen) atoms. The molecule has 0 saturated heterocycles. The Balaban J connectivity index is 2.01. The van der Waals surface area contributed by atoms with Crippen LogP contribution in [0.3, 0.4) is 0 Å². The third-order valence-corrected chi connectivity index (χ3v) is 3.25. The fourth-order valence-corrected chi connectivity index (χ4v) is 1.98. The van der Waals surface area contributed by atoms with Gasteiger partial charge in [-0.25, -0.2) is 9.78 Å². The predicted octanol–water partition coefficient (Wildman–Crippen LogP) is 1.82. The molecule has 1 aromatic heterocycles. The summed E-state index contributed by atoms with van der Waals surface area (Å²) in [4.78, 5) is 27.0. The molecule has 0 radical (unpaired) electrons. The fourth-order valence-electron chi connectivity index (χ4n) is 1.81. The van der Waals surface area contributed by atoms with E-state index < -0.39 is 5.69 Å². The molecule has 0 aliphatic heterocycles. The van der Waals surface area contributed by atoms with E-state index in [0.717, 1.165) is 5.56 Å². The maximum Gasteiger partial charge on any atom is 0.347 e. The predicted molar refractivity (Wildman–Crippen MR) is 82.3 cm³/mol. The van der Waals surface area contributed by atoms with Gasteiger partial charge < -0.3 is 11.1 Å². The number of aromatic nitrogens is 2. The van der Waals surface area contributed by atoms with Crippen molar-refractivity contribution in [2.75, 3.05) is 11.1 Å². The molecule has 2 rings (SSSR count). The van der Waals surface area contributed by atoms with Gasteiger partial charge in [0, 0.05) is 30.5 Å². The molecule has 0 unspecified atom stereocenters. The van der Waals surface area contributed by atoms with Crippen LogP contribution in [0.25, 0.3) is 0 Å². The number of hydrogen-bond donors (Lipinski definition) is 2. The third kappa shape index (κ3) is 3.82. The number of halogens is 1. The lowest BCUT2D eigenvalue weighted by Gasteiger charge is -2.10. The quantitative estimate of drug-likeness (QED) is 0.843. The number of nitrogens with two attached hydrogens (primary N) is 1. The number of aryl methyl sites for hydroxylation is 1. The molecule has 110 valence electrons. The highest BCUT2D eigenvalue weighted by Crippen LogP contribution is 2.20. The molecule has 0 spiro atoms. The van der Waals surface area contributed by atoms with Crippen molar-refractivity contribution in [3.05, 3.63) is 51.7 Å². The Morgan fingerprint density at radius 2 is 2.24 bits per heavy atom. The number of carbonyl (C=O) groups excluding carboxylic acids is 1. The van der Waals surface area contributed by atoms with E-state index in [1.54, 1.807) is 18.2 Å². The molecule has 0 fully saturated rings. The molecule has 0 bridgehead atoms. The lowest BCUT2D eigenvalue weighted by Crippen LogP contribution is -2.24. The zero-order valence-electron chi connectivity index (χ0n) is 11.5. The smallest absolute Gasteiger partial charge is 0.347 e. The van der Waals surface area contributed by atoms with Gasteiger partial charge in [0.1, 0.15) is 0 Å². The van der Waals surface area contributed by atoms with Gasteiger partial charge in [0.05, 0.1) is 11.2 Å². The van der Waals surface area contributed by atoms with Crippen molar-refractivity contribution >= 4 is 28.9 Å². The number of hydrogen-bond acceptors (Lipinski definition) is 4. The van der Waals surface area contributed by atoms with Gasteiger partial charge in [-0.3, -0.25) is 9.36 Å². The standard InChI is InChI=1S/C14H15ClN4O2/c1-9-11(16)3-2-4-12(9)18-13(20)5-6-19-8-10(15)7-17-14(19)21/h2-4,7-8H,5-6,16H2,1H3,(H,18,20). The third-order valence-electron chi connectivity index (χ3n) is 3.05. The van der Waals surface area contributed by atoms with E-state index in [2.05, 4.69) is 10.3 Å². The maximum atomic E-state index is 11.9. The van der Waals surface area contributed by atoms with Crippen molar-refractivity contribution in [3.8, 4) is 0 Å². The van der Waals surface area contributed by atoms with Gasteiger partial charge in [-0.2, -0.15) is 0 Å². The second-order valence-corrected chi connectivity index (χ2v) is 5.00. The molecule has 1 aromatic carbocycles. The fraction of sp³-hybridized carbons (Fsp3) is 0.214. The van der Waals surface area contributed by atoms with E-state index in [0.29, 0.717) is 16.4 Å². The molecule has 3 N–H and O–H groups in total. The van der Waals surface area contributed by atoms with Crippen molar-refractivity contribution in [3.63, 3.8) is 0 Å². The molecular formula is C14H15ClN4O2. The van der Waals surface area contributed by atoms with Gasteiger partial charge in [-0.1, -0.05) is 17.7 Å². The summed E-state index contributed by atoms with van der Waals surface area (Å²) in [7, 11) is 0. The SMILES string of the molecule is Cc1c(N)cccc1NC(=O)CCn1cc(Cl)cnc1=O. The Morgan fingerprint density at radius 3 is 3.00 bits per heavy atom. The van der Waals surface area contributed by atoms with Gasteiger partial charge in [-0.05, 0) is 24.6 Å². The van der Waals surface area contributed by atoms with E-state index in [1.807, 2.05) is 6.92 Å². The topological polar surface area (TPSA) is 90.0 Å². The number of anilines is 2. The van der Waals surface area contributed by atoms with E-state index in [-0.39, 0.29) is 18.9 Å². The van der Waals surface area contributed by atoms with Crippen molar-refractivity contribution in [2.45, 2.75) is 19.9 Å². The molecule has 7 heteroatoms. The Hall–Kier alpha value is -2.34. The van der Waals surface area contributed by atoms with Gasteiger partial charge >= 0.3 is 5.69 Å². The molecule has 0 saturated carbocycles. The lowest BCUT2D eigenvalue weighted by molar-refractivity contribution is -0.116. The first-order valence-electron chi connectivity index (χ1n) is 6.34. The summed E-state index contributed by atoms with van der Waals surface area (Å²) in [6.07, 6.45) is 2.86. The second-order valence-electron chi connectivity index (χ2n) is 4.57. The molecule has 1 heterocycles. The lowest BCUT2D eigenvalue weighted by atomic mass is 10.1. The number of rotatable bonds is 4. The first kappa shape index (κ1) is 15.1. The Morgan fingerprint density at radius 1 is 1.48 bits per heavy atom. The highest BCUT2D eigenvalue weighted by Gasteiger charge is 2.07. The summed E-state index contributed by atoms with van der Waals surface area (Å²) in [5.41, 5.74) is 7.43. The van der Waals surface area contributed by atoms with Crippen LogP contribution in [0.5, 0.6) is 0 Å². The number of amides is 1. The van der Waals surface area contributed by atoms with E-state index in [1.165, 1.54) is 17.0 Å². The molecule has 0 atom stereocenters. The van der Waals surface area contributed by atoms with E-state index in [4.69, 9.17) is 17.3 Å². The van der Waals surface area contributed by atoms with Crippen molar-refractivity contribution in [2.24, 2.45) is 0 Å². The Bertz CT molecular complexity index is 727. The number of benzene rings is 1.